The first-order valence-corrected chi connectivity index (χ1v) is 3.69. The molecule has 0 aromatic carbocycles. The Hall–Kier alpha value is -0.410. The van der Waals surface area contributed by atoms with Gasteiger partial charge in [-0.25, -0.2) is 4.98 Å². The van der Waals surface area contributed by atoms with Gasteiger partial charge in [-0.05, 0) is 39.7 Å². The number of carbonyl (C=O) groups is 1. The lowest BCUT2D eigenvalue weighted by atomic mass is 10.3. The summed E-state index contributed by atoms with van der Waals surface area (Å²) in [5.41, 5.74) is 0.393. The molecule has 10 heavy (non-hydrogen) atoms. The molecular formula is C6H3BrClNO. The zero-order chi connectivity index (χ0) is 7.56. The van der Waals surface area contributed by atoms with Crippen molar-refractivity contribution >= 4 is 32.8 Å². The van der Waals surface area contributed by atoms with Crippen molar-refractivity contribution in [2.75, 3.05) is 0 Å². The molecule has 0 aliphatic heterocycles. The van der Waals surface area contributed by atoms with Gasteiger partial charge in [-0.1, -0.05) is 0 Å². The number of pyridine rings is 1. The second-order valence-corrected chi connectivity index (χ2v) is 2.71. The van der Waals surface area contributed by atoms with Gasteiger partial charge in [0.05, 0.1) is 5.56 Å². The van der Waals surface area contributed by atoms with E-state index in [0.29, 0.717) is 10.2 Å². The Bertz CT molecular complexity index is 264. The van der Waals surface area contributed by atoms with Crippen LogP contribution in [0.25, 0.3) is 0 Å². The smallest absolute Gasteiger partial charge is 0.255 e. The standard InChI is InChI=1S/C6H3BrClNO/c7-5-4(6(8)10)2-1-3-9-5/h1-3H. The second kappa shape index (κ2) is 3.12. The predicted molar refractivity (Wildman–Crippen MR) is 42.1 cm³/mol. The molecule has 0 radical (unpaired) electrons. The molecule has 1 heterocycles. The van der Waals surface area contributed by atoms with Crippen LogP contribution in [0.15, 0.2) is 22.9 Å². The van der Waals surface area contributed by atoms with E-state index in [9.17, 15) is 4.79 Å². The topological polar surface area (TPSA) is 30.0 Å². The van der Waals surface area contributed by atoms with Crippen molar-refractivity contribution in [3.05, 3.63) is 28.5 Å². The fourth-order valence-electron chi connectivity index (χ4n) is 0.533. The van der Waals surface area contributed by atoms with Crippen LogP contribution < -0.4 is 0 Å². The Balaban J connectivity index is 3.15. The van der Waals surface area contributed by atoms with Gasteiger partial charge in [-0.3, -0.25) is 4.79 Å². The van der Waals surface area contributed by atoms with E-state index in [1.54, 1.807) is 18.3 Å². The molecule has 1 rings (SSSR count). The summed E-state index contributed by atoms with van der Waals surface area (Å²) in [4.78, 5) is 14.4. The molecule has 4 heteroatoms. The number of aromatic nitrogens is 1. The summed E-state index contributed by atoms with van der Waals surface area (Å²) in [7, 11) is 0. The molecule has 0 bridgehead atoms. The van der Waals surface area contributed by atoms with Crippen LogP contribution in [0.4, 0.5) is 0 Å². The largest absolute Gasteiger partial charge is 0.276 e. The lowest BCUT2D eigenvalue weighted by Crippen LogP contribution is -1.91. The monoisotopic (exact) mass is 219 g/mol. The van der Waals surface area contributed by atoms with Crippen molar-refractivity contribution in [1.82, 2.24) is 4.98 Å². The number of hydrogen-bond acceptors (Lipinski definition) is 2. The molecule has 0 amide bonds. The number of nitrogens with zero attached hydrogens (tertiary/aromatic N) is 1. The maximum Gasteiger partial charge on any atom is 0.255 e. The summed E-state index contributed by atoms with van der Waals surface area (Å²) in [6, 6.07) is 3.26. The quantitative estimate of drug-likeness (QED) is 0.536. The summed E-state index contributed by atoms with van der Waals surface area (Å²) < 4.78 is 0.481. The average Bonchev–Trinajstić information content (AvgIpc) is 1.88. The zero-order valence-corrected chi connectivity index (χ0v) is 7.19. The van der Waals surface area contributed by atoms with Gasteiger partial charge in [-0.2, -0.15) is 0 Å². The van der Waals surface area contributed by atoms with Crippen LogP contribution in [-0.4, -0.2) is 10.2 Å². The van der Waals surface area contributed by atoms with Crippen LogP contribution in [-0.2, 0) is 0 Å². The van der Waals surface area contributed by atoms with Gasteiger partial charge in [0, 0.05) is 6.20 Å². The molecule has 0 saturated carbocycles. The fraction of sp³-hybridized carbons (Fsp3) is 0. The SMILES string of the molecule is O=C(Cl)c1cccnc1Br. The predicted octanol–water partition coefficient (Wildman–Crippen LogP) is 2.22. The summed E-state index contributed by atoms with van der Waals surface area (Å²) in [6.45, 7) is 0. The van der Waals surface area contributed by atoms with E-state index in [2.05, 4.69) is 20.9 Å². The highest BCUT2D eigenvalue weighted by molar-refractivity contribution is 9.10. The van der Waals surface area contributed by atoms with Gasteiger partial charge in [-0.15, -0.1) is 0 Å². The maximum atomic E-state index is 10.6. The van der Waals surface area contributed by atoms with Crippen molar-refractivity contribution in [2.45, 2.75) is 0 Å². The summed E-state index contributed by atoms with van der Waals surface area (Å²) in [6.07, 6.45) is 1.58. The van der Waals surface area contributed by atoms with Crippen molar-refractivity contribution in [3.8, 4) is 0 Å². The molecule has 1 aromatic rings. The molecule has 0 unspecified atom stereocenters. The van der Waals surface area contributed by atoms with Gasteiger partial charge in [0.25, 0.3) is 5.24 Å². The molecule has 0 fully saturated rings. The zero-order valence-electron chi connectivity index (χ0n) is 4.84. The van der Waals surface area contributed by atoms with E-state index < -0.39 is 5.24 Å². The molecule has 0 spiro atoms. The molecule has 0 aliphatic rings. The van der Waals surface area contributed by atoms with E-state index in [0.717, 1.165) is 0 Å². The third-order valence-electron chi connectivity index (χ3n) is 0.971. The first-order chi connectivity index (χ1) is 4.72. The van der Waals surface area contributed by atoms with Crippen LogP contribution >= 0.6 is 27.5 Å². The van der Waals surface area contributed by atoms with Gasteiger partial charge in [0.15, 0.2) is 0 Å². The van der Waals surface area contributed by atoms with E-state index in [1.807, 2.05) is 0 Å². The normalized spacial score (nSPS) is 9.40. The summed E-state index contributed by atoms with van der Waals surface area (Å²) in [5, 5.41) is -0.500. The Labute approximate surface area is 71.3 Å². The Morgan fingerprint density at radius 2 is 2.40 bits per heavy atom. The second-order valence-electron chi connectivity index (χ2n) is 1.62. The molecule has 0 N–H and O–H groups in total. The number of hydrogen-bond donors (Lipinski definition) is 0. The van der Waals surface area contributed by atoms with Crippen molar-refractivity contribution in [1.29, 1.82) is 0 Å². The van der Waals surface area contributed by atoms with Crippen LogP contribution in [0, 0.1) is 0 Å². The van der Waals surface area contributed by atoms with Gasteiger partial charge in [0.2, 0.25) is 0 Å². The van der Waals surface area contributed by atoms with E-state index in [4.69, 9.17) is 11.6 Å². The number of rotatable bonds is 1. The highest BCUT2D eigenvalue weighted by atomic mass is 79.9. The number of carbonyl (C=O) groups excluding carboxylic acids is 1. The minimum absolute atomic E-state index is 0.393. The molecular weight excluding hydrogens is 217 g/mol. The van der Waals surface area contributed by atoms with Crippen LogP contribution in [0.3, 0.4) is 0 Å². The van der Waals surface area contributed by atoms with Gasteiger partial charge < -0.3 is 0 Å². The van der Waals surface area contributed by atoms with E-state index in [-0.39, 0.29) is 0 Å². The van der Waals surface area contributed by atoms with Gasteiger partial charge >= 0.3 is 0 Å². The number of halogens is 2. The van der Waals surface area contributed by atoms with Crippen LogP contribution in [0.5, 0.6) is 0 Å². The van der Waals surface area contributed by atoms with Crippen molar-refractivity contribution in [3.63, 3.8) is 0 Å². The lowest BCUT2D eigenvalue weighted by Gasteiger charge is -1.93. The first-order valence-electron chi connectivity index (χ1n) is 2.52. The van der Waals surface area contributed by atoms with Crippen LogP contribution in [0.1, 0.15) is 10.4 Å². The Kier molecular flexibility index (Phi) is 2.40. The van der Waals surface area contributed by atoms with E-state index in [1.165, 1.54) is 0 Å². The molecule has 52 valence electrons. The Morgan fingerprint density at radius 1 is 1.70 bits per heavy atom. The van der Waals surface area contributed by atoms with Crippen LogP contribution in [0.2, 0.25) is 0 Å². The molecule has 2 nitrogen and oxygen atoms in total. The minimum Gasteiger partial charge on any atom is -0.276 e. The van der Waals surface area contributed by atoms with Crippen molar-refractivity contribution < 1.29 is 4.79 Å². The van der Waals surface area contributed by atoms with E-state index >= 15 is 0 Å². The fourth-order valence-corrected chi connectivity index (χ4v) is 1.23. The maximum absolute atomic E-state index is 10.6. The Morgan fingerprint density at radius 3 is 2.80 bits per heavy atom. The molecule has 1 aromatic heterocycles. The minimum atomic E-state index is -0.500. The summed E-state index contributed by atoms with van der Waals surface area (Å²) in [5.74, 6) is 0. The molecule has 0 atom stereocenters. The molecule has 0 aliphatic carbocycles. The highest BCUT2D eigenvalue weighted by Crippen LogP contribution is 2.13. The lowest BCUT2D eigenvalue weighted by molar-refractivity contribution is 0.108. The third kappa shape index (κ3) is 1.55. The summed E-state index contributed by atoms with van der Waals surface area (Å²) >= 11 is 8.28. The average molecular weight is 220 g/mol. The third-order valence-corrected chi connectivity index (χ3v) is 1.81. The molecule has 0 saturated heterocycles. The highest BCUT2D eigenvalue weighted by Gasteiger charge is 2.05. The van der Waals surface area contributed by atoms with Crippen molar-refractivity contribution in [2.24, 2.45) is 0 Å². The van der Waals surface area contributed by atoms with Gasteiger partial charge in [0.1, 0.15) is 4.60 Å². The first kappa shape index (κ1) is 7.69.